The topological polar surface area (TPSA) is 80.3 Å². The quantitative estimate of drug-likeness (QED) is 0.676. The third-order valence-electron chi connectivity index (χ3n) is 6.06. The molecule has 0 saturated carbocycles. The number of hydrogen-bond donors (Lipinski definition) is 0. The van der Waals surface area contributed by atoms with Gasteiger partial charge in [0.05, 0.1) is 0 Å². The summed E-state index contributed by atoms with van der Waals surface area (Å²) in [6, 6.07) is 3.61. The molecule has 0 spiro atoms. The first kappa shape index (κ1) is 20.5. The summed E-state index contributed by atoms with van der Waals surface area (Å²) in [5.74, 6) is 0.778. The average molecular weight is 423 g/mol. The Morgan fingerprint density at radius 1 is 0.897 bits per heavy atom. The van der Waals surface area contributed by atoms with Gasteiger partial charge in [0.15, 0.2) is 0 Å². The molecule has 1 aromatic rings. The molecule has 0 aromatic carbocycles. The number of rotatable bonds is 4. The second-order valence-electron chi connectivity index (χ2n) is 8.00. The highest BCUT2D eigenvalue weighted by atomic mass is 32.2. The van der Waals surface area contributed by atoms with E-state index in [1.807, 2.05) is 6.07 Å². The van der Waals surface area contributed by atoms with Crippen LogP contribution >= 0.6 is 0 Å². The number of amides is 1. The Hall–Kier alpha value is -1.75. The molecule has 10 heteroatoms. The van der Waals surface area contributed by atoms with Crippen molar-refractivity contribution in [2.24, 2.45) is 0 Å². The van der Waals surface area contributed by atoms with Gasteiger partial charge in [-0.25, -0.2) is 4.98 Å². The lowest BCUT2D eigenvalue weighted by Gasteiger charge is -2.36. The zero-order chi connectivity index (χ0) is 20.4. The lowest BCUT2D eigenvalue weighted by Crippen LogP contribution is -2.53. The molecule has 3 aliphatic rings. The fourth-order valence-corrected chi connectivity index (χ4v) is 5.82. The molecule has 0 unspecified atom stereocenters. The number of likely N-dealkylation sites (N-methyl/N-ethyl adjacent to an activating group) is 1. The molecule has 3 aliphatic heterocycles. The molecule has 9 nitrogen and oxygen atoms in total. The zero-order valence-electron chi connectivity index (χ0n) is 17.0. The fourth-order valence-electron chi connectivity index (χ4n) is 4.15. The molecule has 160 valence electrons. The lowest BCUT2D eigenvalue weighted by atomic mass is 10.2. The molecule has 0 aliphatic carbocycles. The highest BCUT2D eigenvalue weighted by molar-refractivity contribution is 7.86. The third-order valence-corrected chi connectivity index (χ3v) is 8.10. The van der Waals surface area contributed by atoms with Crippen molar-refractivity contribution in [1.29, 1.82) is 0 Å². The summed E-state index contributed by atoms with van der Waals surface area (Å²) >= 11 is 0. The van der Waals surface area contributed by atoms with E-state index >= 15 is 0 Å². The van der Waals surface area contributed by atoms with E-state index in [1.54, 1.807) is 21.5 Å². The number of piperazine rings is 2. The van der Waals surface area contributed by atoms with Crippen LogP contribution in [0.15, 0.2) is 18.3 Å². The molecule has 29 heavy (non-hydrogen) atoms. The van der Waals surface area contributed by atoms with Crippen molar-refractivity contribution in [3.8, 4) is 0 Å². The third kappa shape index (κ3) is 4.40. The summed E-state index contributed by atoms with van der Waals surface area (Å²) in [6.45, 7) is 6.49. The second kappa shape index (κ2) is 8.55. The first-order valence-electron chi connectivity index (χ1n) is 10.4. The van der Waals surface area contributed by atoms with Crippen molar-refractivity contribution in [2.45, 2.75) is 12.8 Å². The Kier molecular flexibility index (Phi) is 6.05. The predicted molar refractivity (Wildman–Crippen MR) is 111 cm³/mol. The SMILES string of the molecule is CN1CCN(c2cc(C(=O)N3CCN(S(=O)(=O)N4CCCC4)CC3)ccn2)CC1. The summed E-state index contributed by atoms with van der Waals surface area (Å²) < 4.78 is 28.5. The Bertz CT molecular complexity index is 826. The minimum absolute atomic E-state index is 0.0546. The molecule has 1 aromatic heterocycles. The molecule has 0 N–H and O–H groups in total. The van der Waals surface area contributed by atoms with E-state index in [0.29, 0.717) is 44.8 Å². The van der Waals surface area contributed by atoms with Crippen molar-refractivity contribution in [2.75, 3.05) is 77.4 Å². The maximum absolute atomic E-state index is 13.0. The summed E-state index contributed by atoms with van der Waals surface area (Å²) in [6.07, 6.45) is 3.54. The largest absolute Gasteiger partial charge is 0.354 e. The van der Waals surface area contributed by atoms with Gasteiger partial charge in [0.25, 0.3) is 16.1 Å². The van der Waals surface area contributed by atoms with E-state index in [1.165, 1.54) is 4.31 Å². The van der Waals surface area contributed by atoms with Crippen LogP contribution in [0.3, 0.4) is 0 Å². The van der Waals surface area contributed by atoms with Crippen molar-refractivity contribution in [3.63, 3.8) is 0 Å². The van der Waals surface area contributed by atoms with Gasteiger partial charge in [-0.15, -0.1) is 0 Å². The molecular weight excluding hydrogens is 392 g/mol. The standard InChI is InChI=1S/C19H30N6O3S/c1-21-8-10-22(11-9-21)18-16-17(4-5-20-18)19(26)23-12-14-25(15-13-23)29(27,28)24-6-2-3-7-24/h4-5,16H,2-3,6-15H2,1H3. The Balaban J connectivity index is 1.38. The van der Waals surface area contributed by atoms with Crippen LogP contribution in [0.2, 0.25) is 0 Å². The first-order valence-corrected chi connectivity index (χ1v) is 11.8. The van der Waals surface area contributed by atoms with Crippen LogP contribution in [0.25, 0.3) is 0 Å². The molecule has 0 atom stereocenters. The van der Waals surface area contributed by atoms with Crippen molar-refractivity contribution >= 4 is 21.9 Å². The van der Waals surface area contributed by atoms with Crippen LogP contribution < -0.4 is 4.90 Å². The minimum atomic E-state index is -3.39. The van der Waals surface area contributed by atoms with E-state index in [0.717, 1.165) is 44.8 Å². The van der Waals surface area contributed by atoms with Crippen LogP contribution in [0.5, 0.6) is 0 Å². The van der Waals surface area contributed by atoms with Crippen LogP contribution in [0, 0.1) is 0 Å². The number of anilines is 1. The van der Waals surface area contributed by atoms with E-state index < -0.39 is 10.2 Å². The van der Waals surface area contributed by atoms with Gasteiger partial charge in [-0.3, -0.25) is 4.79 Å². The van der Waals surface area contributed by atoms with Crippen molar-refractivity contribution < 1.29 is 13.2 Å². The predicted octanol–water partition coefficient (Wildman–Crippen LogP) is -0.0682. The normalized spacial score (nSPS) is 22.9. The highest BCUT2D eigenvalue weighted by Gasteiger charge is 2.34. The van der Waals surface area contributed by atoms with Crippen LogP contribution in [-0.2, 0) is 10.2 Å². The second-order valence-corrected chi connectivity index (χ2v) is 9.93. The maximum Gasteiger partial charge on any atom is 0.282 e. The monoisotopic (exact) mass is 422 g/mol. The van der Waals surface area contributed by atoms with E-state index in [-0.39, 0.29) is 5.91 Å². The van der Waals surface area contributed by atoms with Gasteiger partial charge in [0, 0.05) is 77.2 Å². The number of hydrogen-bond acceptors (Lipinski definition) is 6. The van der Waals surface area contributed by atoms with E-state index in [2.05, 4.69) is 21.8 Å². The molecule has 1 amide bonds. The van der Waals surface area contributed by atoms with Gasteiger partial charge < -0.3 is 14.7 Å². The number of carbonyl (C=O) groups is 1. The average Bonchev–Trinajstić information content (AvgIpc) is 3.30. The number of carbonyl (C=O) groups excluding carboxylic acids is 1. The van der Waals surface area contributed by atoms with E-state index in [4.69, 9.17) is 0 Å². The smallest absolute Gasteiger partial charge is 0.282 e. The molecule has 4 heterocycles. The van der Waals surface area contributed by atoms with Gasteiger partial charge in [-0.05, 0) is 32.0 Å². The summed E-state index contributed by atoms with van der Waals surface area (Å²) in [7, 11) is -1.29. The number of aromatic nitrogens is 1. The molecule has 4 rings (SSSR count). The molecule has 0 bridgehead atoms. The van der Waals surface area contributed by atoms with Crippen LogP contribution in [0.4, 0.5) is 5.82 Å². The maximum atomic E-state index is 13.0. The number of nitrogens with zero attached hydrogens (tertiary/aromatic N) is 6. The molecule has 3 fully saturated rings. The number of pyridine rings is 1. The van der Waals surface area contributed by atoms with Crippen LogP contribution in [-0.4, -0.2) is 110 Å². The summed E-state index contributed by atoms with van der Waals surface area (Å²) in [4.78, 5) is 23.7. The Morgan fingerprint density at radius 3 is 2.17 bits per heavy atom. The summed E-state index contributed by atoms with van der Waals surface area (Å²) in [5.41, 5.74) is 0.616. The molecule has 0 radical (unpaired) electrons. The zero-order valence-corrected chi connectivity index (χ0v) is 17.9. The lowest BCUT2D eigenvalue weighted by molar-refractivity contribution is 0.0694. The Labute approximate surface area is 173 Å². The van der Waals surface area contributed by atoms with Gasteiger partial charge in [0.2, 0.25) is 0 Å². The fraction of sp³-hybridized carbons (Fsp3) is 0.684. The van der Waals surface area contributed by atoms with E-state index in [9.17, 15) is 13.2 Å². The minimum Gasteiger partial charge on any atom is -0.354 e. The molecule has 3 saturated heterocycles. The Morgan fingerprint density at radius 2 is 1.52 bits per heavy atom. The van der Waals surface area contributed by atoms with Crippen molar-refractivity contribution in [1.82, 2.24) is 23.4 Å². The van der Waals surface area contributed by atoms with Crippen molar-refractivity contribution in [3.05, 3.63) is 23.9 Å². The van der Waals surface area contributed by atoms with Crippen LogP contribution in [0.1, 0.15) is 23.2 Å². The van der Waals surface area contributed by atoms with Gasteiger partial charge >= 0.3 is 0 Å². The summed E-state index contributed by atoms with van der Waals surface area (Å²) in [5, 5.41) is 0. The van der Waals surface area contributed by atoms with Gasteiger partial charge in [0.1, 0.15) is 5.82 Å². The molecular formula is C19H30N6O3S. The highest BCUT2D eigenvalue weighted by Crippen LogP contribution is 2.20. The van der Waals surface area contributed by atoms with Gasteiger partial charge in [-0.1, -0.05) is 0 Å². The first-order chi connectivity index (χ1) is 13.9. The van der Waals surface area contributed by atoms with Gasteiger partial charge in [-0.2, -0.15) is 17.0 Å².